The van der Waals surface area contributed by atoms with E-state index in [9.17, 15) is 8.78 Å². The summed E-state index contributed by atoms with van der Waals surface area (Å²) in [5.41, 5.74) is 5.74. The number of nitrogens with zero attached hydrogens (tertiary/aromatic N) is 5. The molecule has 168 valence electrons. The molecule has 0 amide bonds. The van der Waals surface area contributed by atoms with Crippen molar-refractivity contribution in [3.8, 4) is 22.4 Å². The summed E-state index contributed by atoms with van der Waals surface area (Å²) in [4.78, 5) is 15.8. The van der Waals surface area contributed by atoms with E-state index < -0.39 is 5.92 Å². The molecular formula is C27H21F2N5. The molecule has 1 aliphatic carbocycles. The van der Waals surface area contributed by atoms with E-state index >= 15 is 0 Å². The summed E-state index contributed by atoms with van der Waals surface area (Å²) in [6.07, 6.45) is 7.63. The molecule has 4 aromatic heterocycles. The number of para-hydroxylation sites is 1. The quantitative estimate of drug-likeness (QED) is 0.344. The maximum Gasteiger partial charge on any atom is 0.249 e. The summed E-state index contributed by atoms with van der Waals surface area (Å²) in [5.74, 6) is -1.63. The van der Waals surface area contributed by atoms with Crippen molar-refractivity contribution >= 4 is 22.4 Å². The molecule has 2 aliphatic rings. The van der Waals surface area contributed by atoms with Crippen LogP contribution in [0.3, 0.4) is 0 Å². The molecule has 1 spiro atoms. The van der Waals surface area contributed by atoms with Gasteiger partial charge in [-0.05, 0) is 42.0 Å². The largest absolute Gasteiger partial charge is 0.355 e. The Morgan fingerprint density at radius 1 is 0.824 bits per heavy atom. The first-order chi connectivity index (χ1) is 16.5. The first-order valence-electron chi connectivity index (χ1n) is 11.4. The predicted molar refractivity (Wildman–Crippen MR) is 128 cm³/mol. The molecule has 7 heteroatoms. The predicted octanol–water partition coefficient (Wildman–Crippen LogP) is 5.85. The lowest BCUT2D eigenvalue weighted by atomic mass is 9.61. The summed E-state index contributed by atoms with van der Waals surface area (Å²) in [5, 5.41) is 1.09. The van der Waals surface area contributed by atoms with E-state index in [1.165, 1.54) is 0 Å². The van der Waals surface area contributed by atoms with E-state index in [1.54, 1.807) is 0 Å². The molecule has 1 saturated heterocycles. The number of imidazole rings is 1. The maximum absolute atomic E-state index is 13.3. The maximum atomic E-state index is 13.3. The number of halogens is 2. The van der Waals surface area contributed by atoms with Crippen molar-refractivity contribution in [1.29, 1.82) is 0 Å². The van der Waals surface area contributed by atoms with Gasteiger partial charge in [0.15, 0.2) is 0 Å². The third-order valence-electron chi connectivity index (χ3n) is 7.16. The lowest BCUT2D eigenvalue weighted by molar-refractivity contribution is -0.170. The van der Waals surface area contributed by atoms with Crippen LogP contribution in [0.1, 0.15) is 12.8 Å². The van der Waals surface area contributed by atoms with Gasteiger partial charge in [-0.25, -0.2) is 18.7 Å². The lowest BCUT2D eigenvalue weighted by Crippen LogP contribution is -2.66. The number of hydrogen-bond donors (Lipinski definition) is 0. The molecule has 5 nitrogen and oxygen atoms in total. The number of aromatic nitrogens is 4. The Morgan fingerprint density at radius 2 is 1.68 bits per heavy atom. The molecule has 0 radical (unpaired) electrons. The minimum Gasteiger partial charge on any atom is -0.355 e. The summed E-state index contributed by atoms with van der Waals surface area (Å²) in [6, 6.07) is 18.3. The van der Waals surface area contributed by atoms with Crippen LogP contribution in [0, 0.1) is 5.41 Å². The molecule has 34 heavy (non-hydrogen) atoms. The Kier molecular flexibility index (Phi) is 3.93. The second-order valence-corrected chi connectivity index (χ2v) is 9.63. The molecule has 1 aromatic carbocycles. The Balaban J connectivity index is 1.15. The summed E-state index contributed by atoms with van der Waals surface area (Å²) < 4.78 is 28.6. The Hall–Kier alpha value is -3.87. The Morgan fingerprint density at radius 3 is 2.47 bits per heavy atom. The van der Waals surface area contributed by atoms with Gasteiger partial charge in [-0.1, -0.05) is 18.2 Å². The molecule has 7 rings (SSSR count). The van der Waals surface area contributed by atoms with E-state index in [1.807, 2.05) is 61.2 Å². The van der Waals surface area contributed by atoms with Gasteiger partial charge in [0.2, 0.25) is 5.92 Å². The number of rotatable bonds is 3. The zero-order chi connectivity index (χ0) is 22.9. The molecule has 1 saturated carbocycles. The highest BCUT2D eigenvalue weighted by atomic mass is 19.3. The minimum absolute atomic E-state index is 0.0101. The van der Waals surface area contributed by atoms with Crippen molar-refractivity contribution < 1.29 is 8.78 Å². The van der Waals surface area contributed by atoms with Crippen molar-refractivity contribution in [2.45, 2.75) is 18.8 Å². The van der Waals surface area contributed by atoms with Gasteiger partial charge in [-0.3, -0.25) is 9.38 Å². The number of benzene rings is 1. The third-order valence-corrected chi connectivity index (χ3v) is 7.16. The van der Waals surface area contributed by atoms with Gasteiger partial charge >= 0.3 is 0 Å². The van der Waals surface area contributed by atoms with Gasteiger partial charge in [0.05, 0.1) is 17.4 Å². The van der Waals surface area contributed by atoms with Gasteiger partial charge in [0.1, 0.15) is 11.5 Å². The fourth-order valence-corrected chi connectivity index (χ4v) is 5.62. The van der Waals surface area contributed by atoms with Crippen LogP contribution in [0.25, 0.3) is 38.9 Å². The number of hydrogen-bond acceptors (Lipinski definition) is 4. The van der Waals surface area contributed by atoms with Crippen molar-refractivity contribution in [2.24, 2.45) is 5.41 Å². The van der Waals surface area contributed by atoms with E-state index in [4.69, 9.17) is 0 Å². The van der Waals surface area contributed by atoms with Crippen molar-refractivity contribution in [1.82, 2.24) is 19.4 Å². The highest BCUT2D eigenvalue weighted by molar-refractivity contribution is 5.93. The fraction of sp³-hybridized carbons (Fsp3) is 0.222. The van der Waals surface area contributed by atoms with Crippen molar-refractivity contribution in [2.75, 3.05) is 18.0 Å². The second-order valence-electron chi connectivity index (χ2n) is 9.63. The molecule has 5 aromatic rings. The molecule has 2 fully saturated rings. The molecule has 5 heterocycles. The third kappa shape index (κ3) is 3.00. The van der Waals surface area contributed by atoms with Crippen LogP contribution in [-0.4, -0.2) is 38.4 Å². The smallest absolute Gasteiger partial charge is 0.249 e. The highest BCUT2D eigenvalue weighted by Gasteiger charge is 2.61. The topological polar surface area (TPSA) is 46.3 Å². The fourth-order valence-electron chi connectivity index (χ4n) is 5.62. The van der Waals surface area contributed by atoms with Gasteiger partial charge in [-0.15, -0.1) is 0 Å². The standard InChI is InChI=1S/C27H21F2N5/c28-27(29)14-26(15-27)16-33(17-26)24-6-5-19(12-31-24)18-8-10-34-23(13-32-25(34)11-18)21-7-9-30-22-4-2-1-3-20(21)22/h1-13H,14-17H2. The molecular weight excluding hydrogens is 432 g/mol. The first kappa shape index (κ1) is 19.6. The number of pyridine rings is 3. The van der Waals surface area contributed by atoms with Crippen molar-refractivity contribution in [3.63, 3.8) is 0 Å². The molecule has 0 N–H and O–H groups in total. The van der Waals surface area contributed by atoms with Crippen LogP contribution in [0.4, 0.5) is 14.6 Å². The molecule has 0 unspecified atom stereocenters. The zero-order valence-electron chi connectivity index (χ0n) is 18.3. The van der Waals surface area contributed by atoms with Crippen LogP contribution in [0.5, 0.6) is 0 Å². The van der Waals surface area contributed by atoms with Crippen LogP contribution >= 0.6 is 0 Å². The summed E-state index contributed by atoms with van der Waals surface area (Å²) in [7, 11) is 0. The lowest BCUT2D eigenvalue weighted by Gasteiger charge is -2.59. The van der Waals surface area contributed by atoms with Gasteiger partial charge < -0.3 is 4.90 Å². The SMILES string of the molecule is FC1(F)CC2(CN(c3ccc(-c4ccn5c(-c6ccnc7ccccc67)cnc5c4)cn3)C2)C1. The van der Waals surface area contributed by atoms with Crippen LogP contribution in [0.2, 0.25) is 0 Å². The summed E-state index contributed by atoms with van der Waals surface area (Å²) in [6.45, 7) is 1.34. The van der Waals surface area contributed by atoms with Crippen LogP contribution < -0.4 is 4.90 Å². The zero-order valence-corrected chi connectivity index (χ0v) is 18.3. The van der Waals surface area contributed by atoms with Crippen molar-refractivity contribution in [3.05, 3.63) is 79.4 Å². The van der Waals surface area contributed by atoms with Gasteiger partial charge in [0.25, 0.3) is 0 Å². The normalized spacial score (nSPS) is 18.2. The molecule has 0 atom stereocenters. The van der Waals surface area contributed by atoms with Crippen LogP contribution in [0.15, 0.2) is 79.4 Å². The van der Waals surface area contributed by atoms with E-state index in [0.29, 0.717) is 13.1 Å². The van der Waals surface area contributed by atoms with E-state index in [2.05, 4.69) is 42.5 Å². The van der Waals surface area contributed by atoms with Gasteiger partial charge in [0, 0.05) is 66.4 Å². The van der Waals surface area contributed by atoms with E-state index in [0.717, 1.165) is 44.8 Å². The highest BCUT2D eigenvalue weighted by Crippen LogP contribution is 2.57. The Bertz CT molecular complexity index is 1540. The average Bonchev–Trinajstić information content (AvgIpc) is 3.23. The number of alkyl halides is 2. The first-order valence-corrected chi connectivity index (χ1v) is 11.4. The van der Waals surface area contributed by atoms with E-state index in [-0.39, 0.29) is 18.3 Å². The van der Waals surface area contributed by atoms with Crippen LogP contribution in [-0.2, 0) is 0 Å². The monoisotopic (exact) mass is 453 g/mol. The minimum atomic E-state index is -2.47. The number of anilines is 1. The van der Waals surface area contributed by atoms with Gasteiger partial charge in [-0.2, -0.15) is 0 Å². The summed E-state index contributed by atoms with van der Waals surface area (Å²) >= 11 is 0. The number of fused-ring (bicyclic) bond motifs is 2. The average molecular weight is 453 g/mol. The molecule has 0 bridgehead atoms. The molecule has 1 aliphatic heterocycles. The second kappa shape index (κ2) is 6.82. The Labute approximate surface area is 194 Å².